The molecule has 18 heavy (non-hydrogen) atoms. The SMILES string of the molecule is N#Cc1ncc(NC(=O)CCBr)cc1C(F)(F)F. The molecule has 4 nitrogen and oxygen atoms in total. The molecule has 0 atom stereocenters. The van der Waals surface area contributed by atoms with Crippen molar-refractivity contribution in [3.8, 4) is 6.07 Å². The minimum Gasteiger partial charge on any atom is -0.325 e. The summed E-state index contributed by atoms with van der Waals surface area (Å²) in [6, 6.07) is 2.05. The van der Waals surface area contributed by atoms with Gasteiger partial charge in [0, 0.05) is 11.8 Å². The van der Waals surface area contributed by atoms with Gasteiger partial charge < -0.3 is 5.32 Å². The monoisotopic (exact) mass is 321 g/mol. The van der Waals surface area contributed by atoms with Crippen LogP contribution in [0.15, 0.2) is 12.3 Å². The summed E-state index contributed by atoms with van der Waals surface area (Å²) in [7, 11) is 0. The molecule has 1 amide bonds. The van der Waals surface area contributed by atoms with Crippen LogP contribution in [0.4, 0.5) is 18.9 Å². The summed E-state index contributed by atoms with van der Waals surface area (Å²) in [6.45, 7) is 0. The zero-order valence-electron chi connectivity index (χ0n) is 8.88. The number of pyridine rings is 1. The van der Waals surface area contributed by atoms with Crippen LogP contribution in [0.3, 0.4) is 0 Å². The lowest BCUT2D eigenvalue weighted by Crippen LogP contribution is -2.14. The highest BCUT2D eigenvalue weighted by Gasteiger charge is 2.34. The number of anilines is 1. The number of rotatable bonds is 3. The molecule has 0 aliphatic rings. The van der Waals surface area contributed by atoms with Crippen molar-refractivity contribution >= 4 is 27.5 Å². The van der Waals surface area contributed by atoms with Crippen molar-refractivity contribution in [3.63, 3.8) is 0 Å². The van der Waals surface area contributed by atoms with Gasteiger partial charge >= 0.3 is 6.18 Å². The summed E-state index contributed by atoms with van der Waals surface area (Å²) >= 11 is 3.03. The van der Waals surface area contributed by atoms with Gasteiger partial charge in [-0.2, -0.15) is 18.4 Å². The van der Waals surface area contributed by atoms with Crippen molar-refractivity contribution in [2.24, 2.45) is 0 Å². The quantitative estimate of drug-likeness (QED) is 0.870. The molecule has 1 N–H and O–H groups in total. The fourth-order valence-electron chi connectivity index (χ4n) is 1.15. The Morgan fingerprint density at radius 1 is 1.56 bits per heavy atom. The second kappa shape index (κ2) is 5.82. The lowest BCUT2D eigenvalue weighted by molar-refractivity contribution is -0.138. The van der Waals surface area contributed by atoms with Gasteiger partial charge in [-0.25, -0.2) is 4.98 Å². The lowest BCUT2D eigenvalue weighted by Gasteiger charge is -2.10. The number of hydrogen-bond donors (Lipinski definition) is 1. The highest BCUT2D eigenvalue weighted by atomic mass is 79.9. The highest BCUT2D eigenvalue weighted by Crippen LogP contribution is 2.32. The molecule has 0 radical (unpaired) electrons. The molecule has 0 aliphatic heterocycles. The summed E-state index contributed by atoms with van der Waals surface area (Å²) in [4.78, 5) is 14.6. The van der Waals surface area contributed by atoms with Crippen molar-refractivity contribution in [2.45, 2.75) is 12.6 Å². The Hall–Kier alpha value is -1.62. The summed E-state index contributed by atoms with van der Waals surface area (Å²) in [6.07, 6.45) is -3.55. The highest BCUT2D eigenvalue weighted by molar-refractivity contribution is 9.09. The smallest absolute Gasteiger partial charge is 0.325 e. The summed E-state index contributed by atoms with van der Waals surface area (Å²) in [5, 5.41) is 11.2. The van der Waals surface area contributed by atoms with Crippen molar-refractivity contribution in [3.05, 3.63) is 23.5 Å². The molecule has 0 bridgehead atoms. The van der Waals surface area contributed by atoms with Gasteiger partial charge in [0.15, 0.2) is 5.69 Å². The summed E-state index contributed by atoms with van der Waals surface area (Å²) in [5.74, 6) is -0.438. The fourth-order valence-corrected chi connectivity index (χ4v) is 1.51. The number of alkyl halides is 4. The maximum absolute atomic E-state index is 12.6. The molecule has 1 aromatic rings. The maximum atomic E-state index is 12.6. The standard InChI is InChI=1S/C10H7BrF3N3O/c11-2-1-9(18)17-6-3-7(10(12,13)14)8(4-15)16-5-6/h3,5H,1-2H2,(H,17,18). The Morgan fingerprint density at radius 2 is 2.22 bits per heavy atom. The average molecular weight is 322 g/mol. The largest absolute Gasteiger partial charge is 0.419 e. The van der Waals surface area contributed by atoms with Crippen molar-refractivity contribution in [1.29, 1.82) is 5.26 Å². The van der Waals surface area contributed by atoms with Crippen LogP contribution in [-0.2, 0) is 11.0 Å². The van der Waals surface area contributed by atoms with Gasteiger partial charge in [0.25, 0.3) is 0 Å². The van der Waals surface area contributed by atoms with Gasteiger partial charge in [0.2, 0.25) is 5.91 Å². The van der Waals surface area contributed by atoms with Crippen LogP contribution in [0, 0.1) is 11.3 Å². The third kappa shape index (κ3) is 3.70. The minimum absolute atomic E-state index is 0.0905. The molecule has 1 rings (SSSR count). The van der Waals surface area contributed by atoms with E-state index in [4.69, 9.17) is 5.26 Å². The first kappa shape index (κ1) is 14.4. The van der Waals surface area contributed by atoms with Gasteiger partial charge in [0.1, 0.15) is 6.07 Å². The predicted molar refractivity (Wildman–Crippen MR) is 61.0 cm³/mol. The van der Waals surface area contributed by atoms with Crippen LogP contribution >= 0.6 is 15.9 Å². The predicted octanol–water partition coefficient (Wildman–Crippen LogP) is 2.70. The molecule has 0 saturated heterocycles. The molecule has 0 spiro atoms. The third-order valence-corrected chi connectivity index (χ3v) is 2.30. The summed E-state index contributed by atoms with van der Waals surface area (Å²) < 4.78 is 37.8. The van der Waals surface area contributed by atoms with Crippen LogP contribution < -0.4 is 5.32 Å². The molecule has 0 unspecified atom stereocenters. The van der Waals surface area contributed by atoms with Crippen LogP contribution in [0.2, 0.25) is 0 Å². The molecule has 0 aromatic carbocycles. The van der Waals surface area contributed by atoms with Crippen molar-refractivity contribution in [1.82, 2.24) is 4.98 Å². The minimum atomic E-state index is -4.69. The number of nitriles is 1. The first-order chi connectivity index (χ1) is 8.38. The van der Waals surface area contributed by atoms with Crippen LogP contribution in [0.1, 0.15) is 17.7 Å². The molecule has 0 saturated carbocycles. The maximum Gasteiger partial charge on any atom is 0.419 e. The third-order valence-electron chi connectivity index (χ3n) is 1.90. The first-order valence-corrected chi connectivity index (χ1v) is 5.83. The van der Waals surface area contributed by atoms with E-state index >= 15 is 0 Å². The van der Waals surface area contributed by atoms with E-state index in [2.05, 4.69) is 26.2 Å². The lowest BCUT2D eigenvalue weighted by atomic mass is 10.2. The van der Waals surface area contributed by atoms with Gasteiger partial charge in [0.05, 0.1) is 17.4 Å². The topological polar surface area (TPSA) is 65.8 Å². The van der Waals surface area contributed by atoms with E-state index in [-0.39, 0.29) is 12.1 Å². The molecule has 1 aromatic heterocycles. The zero-order chi connectivity index (χ0) is 13.8. The van der Waals surface area contributed by atoms with Crippen molar-refractivity contribution < 1.29 is 18.0 Å². The van der Waals surface area contributed by atoms with Gasteiger partial charge in [-0.1, -0.05) is 15.9 Å². The molecule has 0 aliphatic carbocycles. The van der Waals surface area contributed by atoms with E-state index in [1.165, 1.54) is 6.07 Å². The van der Waals surface area contributed by atoms with Gasteiger partial charge in [-0.3, -0.25) is 4.79 Å². The molecular formula is C10H7BrF3N3O. The van der Waals surface area contributed by atoms with E-state index in [0.29, 0.717) is 11.4 Å². The Kier molecular flexibility index (Phi) is 4.67. The number of aromatic nitrogens is 1. The van der Waals surface area contributed by atoms with E-state index < -0.39 is 23.3 Å². The zero-order valence-corrected chi connectivity index (χ0v) is 10.5. The van der Waals surface area contributed by atoms with E-state index in [1.54, 1.807) is 0 Å². The number of nitrogens with one attached hydrogen (secondary N) is 1. The Morgan fingerprint density at radius 3 is 2.72 bits per heavy atom. The molecule has 1 heterocycles. The second-order valence-corrected chi connectivity index (χ2v) is 4.01. The molecule has 96 valence electrons. The number of hydrogen-bond acceptors (Lipinski definition) is 3. The average Bonchev–Trinajstić information content (AvgIpc) is 2.28. The number of nitrogens with zero attached hydrogens (tertiary/aromatic N) is 2. The number of amides is 1. The van der Waals surface area contributed by atoms with E-state index in [1.807, 2.05) is 0 Å². The second-order valence-electron chi connectivity index (χ2n) is 3.22. The number of halogens is 4. The van der Waals surface area contributed by atoms with Crippen LogP contribution in [0.5, 0.6) is 0 Å². The Balaban J connectivity index is 3.05. The summed E-state index contributed by atoms with van der Waals surface area (Å²) in [5.41, 5.74) is -1.98. The van der Waals surface area contributed by atoms with Gasteiger partial charge in [-0.15, -0.1) is 0 Å². The fraction of sp³-hybridized carbons (Fsp3) is 0.300. The Bertz CT molecular complexity index is 496. The van der Waals surface area contributed by atoms with E-state index in [9.17, 15) is 18.0 Å². The van der Waals surface area contributed by atoms with Crippen LogP contribution in [-0.4, -0.2) is 16.2 Å². The normalized spacial score (nSPS) is 10.8. The first-order valence-electron chi connectivity index (χ1n) is 4.71. The molecular weight excluding hydrogens is 315 g/mol. The number of carbonyl (C=O) groups is 1. The Labute approximate surface area is 109 Å². The number of carbonyl (C=O) groups excluding carboxylic acids is 1. The molecule has 0 fully saturated rings. The van der Waals surface area contributed by atoms with Gasteiger partial charge in [-0.05, 0) is 6.07 Å². The molecule has 8 heteroatoms. The van der Waals surface area contributed by atoms with Crippen LogP contribution in [0.25, 0.3) is 0 Å². The van der Waals surface area contributed by atoms with Crippen molar-refractivity contribution in [2.75, 3.05) is 10.6 Å². The van der Waals surface area contributed by atoms with E-state index in [0.717, 1.165) is 6.20 Å².